The number of halogens is 2. The van der Waals surface area contributed by atoms with Crippen LogP contribution in [0.3, 0.4) is 0 Å². The standard InChI is InChI=1S/C10H16F2N2O3/c1-10(8(15)16)4-3-5-14(10)9(17)13(2)6-7(11)12/h7H,3-6H2,1-2H3,(H,15,16). The second-order valence-corrected chi connectivity index (χ2v) is 4.39. The summed E-state index contributed by atoms with van der Waals surface area (Å²) in [4.78, 5) is 25.0. The Hall–Kier alpha value is -1.40. The summed E-state index contributed by atoms with van der Waals surface area (Å²) in [7, 11) is 1.25. The lowest BCUT2D eigenvalue weighted by Gasteiger charge is -2.34. The zero-order valence-corrected chi connectivity index (χ0v) is 9.82. The van der Waals surface area contributed by atoms with Crippen molar-refractivity contribution in [2.24, 2.45) is 0 Å². The number of carboxylic acids is 1. The smallest absolute Gasteiger partial charge is 0.329 e. The Morgan fingerprint density at radius 3 is 2.59 bits per heavy atom. The Balaban J connectivity index is 2.78. The molecule has 7 heteroatoms. The summed E-state index contributed by atoms with van der Waals surface area (Å²) in [6.45, 7) is 1.04. The van der Waals surface area contributed by atoms with Gasteiger partial charge in [0, 0.05) is 13.6 Å². The lowest BCUT2D eigenvalue weighted by atomic mass is 10.00. The molecule has 1 saturated heterocycles. The zero-order valence-electron chi connectivity index (χ0n) is 9.82. The van der Waals surface area contributed by atoms with E-state index in [1.807, 2.05) is 0 Å². The molecule has 98 valence electrons. The number of carboxylic acid groups (broad SMARTS) is 1. The van der Waals surface area contributed by atoms with E-state index in [1.54, 1.807) is 0 Å². The van der Waals surface area contributed by atoms with E-state index >= 15 is 0 Å². The van der Waals surface area contributed by atoms with E-state index in [0.29, 0.717) is 12.8 Å². The number of alkyl halides is 2. The lowest BCUT2D eigenvalue weighted by Crippen LogP contribution is -2.54. The molecule has 0 bridgehead atoms. The summed E-state index contributed by atoms with van der Waals surface area (Å²) in [5.74, 6) is -1.10. The highest BCUT2D eigenvalue weighted by Gasteiger charge is 2.46. The first kappa shape index (κ1) is 13.7. The van der Waals surface area contributed by atoms with Gasteiger partial charge in [-0.15, -0.1) is 0 Å². The molecule has 0 aromatic rings. The molecule has 1 aliphatic heterocycles. The van der Waals surface area contributed by atoms with Gasteiger partial charge in [0.25, 0.3) is 6.43 Å². The molecule has 0 spiro atoms. The van der Waals surface area contributed by atoms with E-state index in [1.165, 1.54) is 14.0 Å². The van der Waals surface area contributed by atoms with Crippen molar-refractivity contribution in [3.8, 4) is 0 Å². The van der Waals surface area contributed by atoms with Crippen LogP contribution in [-0.4, -0.2) is 59.0 Å². The highest BCUT2D eigenvalue weighted by Crippen LogP contribution is 2.30. The number of hydrogen-bond acceptors (Lipinski definition) is 2. The number of aliphatic carboxylic acids is 1. The number of carbonyl (C=O) groups excluding carboxylic acids is 1. The molecule has 1 heterocycles. The van der Waals surface area contributed by atoms with Gasteiger partial charge in [-0.1, -0.05) is 0 Å². The van der Waals surface area contributed by atoms with Crippen LogP contribution in [0, 0.1) is 0 Å². The van der Waals surface area contributed by atoms with Crippen LogP contribution in [0.2, 0.25) is 0 Å². The quantitative estimate of drug-likeness (QED) is 0.819. The highest BCUT2D eigenvalue weighted by atomic mass is 19.3. The molecule has 2 amide bonds. The topological polar surface area (TPSA) is 60.9 Å². The second kappa shape index (κ2) is 4.85. The third kappa shape index (κ3) is 2.65. The number of likely N-dealkylation sites (tertiary alicyclic amines) is 1. The van der Waals surface area contributed by atoms with Crippen molar-refractivity contribution < 1.29 is 23.5 Å². The zero-order chi connectivity index (χ0) is 13.2. The monoisotopic (exact) mass is 250 g/mol. The molecule has 1 rings (SSSR count). The van der Waals surface area contributed by atoms with E-state index in [9.17, 15) is 18.4 Å². The molecular formula is C10H16F2N2O3. The molecular weight excluding hydrogens is 234 g/mol. The van der Waals surface area contributed by atoms with Crippen LogP contribution in [0.15, 0.2) is 0 Å². The predicted molar refractivity (Wildman–Crippen MR) is 56.0 cm³/mol. The van der Waals surface area contributed by atoms with E-state index < -0.39 is 30.5 Å². The van der Waals surface area contributed by atoms with E-state index in [2.05, 4.69) is 0 Å². The average molecular weight is 250 g/mol. The Morgan fingerprint density at radius 1 is 1.53 bits per heavy atom. The number of nitrogens with zero attached hydrogens (tertiary/aromatic N) is 2. The summed E-state index contributed by atoms with van der Waals surface area (Å²) >= 11 is 0. The number of hydrogen-bond donors (Lipinski definition) is 1. The molecule has 1 unspecified atom stereocenters. The van der Waals surface area contributed by atoms with Gasteiger partial charge in [-0.05, 0) is 19.8 Å². The normalized spacial score (nSPS) is 24.2. The van der Waals surface area contributed by atoms with Crippen LogP contribution in [0.25, 0.3) is 0 Å². The molecule has 1 N–H and O–H groups in total. The van der Waals surface area contributed by atoms with Crippen molar-refractivity contribution in [1.82, 2.24) is 9.80 Å². The molecule has 0 saturated carbocycles. The fourth-order valence-electron chi connectivity index (χ4n) is 1.98. The van der Waals surface area contributed by atoms with Gasteiger partial charge in [-0.25, -0.2) is 18.4 Å². The lowest BCUT2D eigenvalue weighted by molar-refractivity contribution is -0.147. The molecule has 17 heavy (non-hydrogen) atoms. The highest BCUT2D eigenvalue weighted by molar-refractivity contribution is 5.86. The summed E-state index contributed by atoms with van der Waals surface area (Å²) < 4.78 is 24.3. The second-order valence-electron chi connectivity index (χ2n) is 4.39. The summed E-state index contributed by atoms with van der Waals surface area (Å²) in [6, 6.07) is -0.660. The number of amides is 2. The Bertz CT molecular complexity index is 325. The molecule has 1 atom stereocenters. The Kier molecular flexibility index (Phi) is 3.90. The van der Waals surface area contributed by atoms with Gasteiger partial charge in [-0.2, -0.15) is 0 Å². The van der Waals surface area contributed by atoms with E-state index in [-0.39, 0.29) is 6.54 Å². The minimum atomic E-state index is -2.62. The average Bonchev–Trinajstić information content (AvgIpc) is 2.59. The summed E-state index contributed by atoms with van der Waals surface area (Å²) in [5.41, 5.74) is -1.28. The summed E-state index contributed by atoms with van der Waals surface area (Å²) in [5, 5.41) is 9.09. The van der Waals surface area contributed by atoms with Crippen molar-refractivity contribution in [2.45, 2.75) is 31.7 Å². The third-order valence-corrected chi connectivity index (χ3v) is 3.07. The van der Waals surface area contributed by atoms with Gasteiger partial charge in [-0.3, -0.25) is 0 Å². The first-order chi connectivity index (χ1) is 7.79. The van der Waals surface area contributed by atoms with Crippen LogP contribution in [0.5, 0.6) is 0 Å². The van der Waals surface area contributed by atoms with Crippen molar-refractivity contribution in [1.29, 1.82) is 0 Å². The predicted octanol–water partition coefficient (Wildman–Crippen LogP) is 1.24. The van der Waals surface area contributed by atoms with Gasteiger partial charge in [0.1, 0.15) is 5.54 Å². The number of urea groups is 1. The van der Waals surface area contributed by atoms with Crippen molar-refractivity contribution >= 4 is 12.0 Å². The van der Waals surface area contributed by atoms with Crippen LogP contribution in [-0.2, 0) is 4.79 Å². The molecule has 1 fully saturated rings. The van der Waals surface area contributed by atoms with Crippen molar-refractivity contribution in [2.75, 3.05) is 20.1 Å². The number of carbonyl (C=O) groups is 2. The molecule has 0 aliphatic carbocycles. The van der Waals surface area contributed by atoms with E-state index in [0.717, 1.165) is 9.80 Å². The maximum atomic E-state index is 12.2. The molecule has 1 aliphatic rings. The fraction of sp³-hybridized carbons (Fsp3) is 0.800. The van der Waals surface area contributed by atoms with Crippen molar-refractivity contribution in [3.05, 3.63) is 0 Å². The molecule has 0 radical (unpaired) electrons. The van der Waals surface area contributed by atoms with Crippen molar-refractivity contribution in [3.63, 3.8) is 0 Å². The fourth-order valence-corrected chi connectivity index (χ4v) is 1.98. The third-order valence-electron chi connectivity index (χ3n) is 3.07. The minimum absolute atomic E-state index is 0.287. The van der Waals surface area contributed by atoms with Crippen LogP contribution >= 0.6 is 0 Å². The van der Waals surface area contributed by atoms with E-state index in [4.69, 9.17) is 5.11 Å². The van der Waals surface area contributed by atoms with Crippen LogP contribution in [0.1, 0.15) is 19.8 Å². The van der Waals surface area contributed by atoms with Gasteiger partial charge >= 0.3 is 12.0 Å². The maximum absolute atomic E-state index is 12.2. The Labute approximate surface area is 98.0 Å². The van der Waals surface area contributed by atoms with Gasteiger partial charge < -0.3 is 14.9 Å². The summed E-state index contributed by atoms with van der Waals surface area (Å²) in [6.07, 6.45) is -1.71. The SMILES string of the molecule is CN(CC(F)F)C(=O)N1CCCC1(C)C(=O)O. The molecule has 0 aromatic carbocycles. The number of rotatable bonds is 3. The maximum Gasteiger partial charge on any atom is 0.329 e. The van der Waals surface area contributed by atoms with Gasteiger partial charge in [0.2, 0.25) is 0 Å². The Morgan fingerprint density at radius 2 is 2.12 bits per heavy atom. The molecule has 5 nitrogen and oxygen atoms in total. The largest absolute Gasteiger partial charge is 0.480 e. The minimum Gasteiger partial charge on any atom is -0.480 e. The van der Waals surface area contributed by atoms with Crippen LogP contribution in [0.4, 0.5) is 13.6 Å². The van der Waals surface area contributed by atoms with Crippen LogP contribution < -0.4 is 0 Å². The first-order valence-corrected chi connectivity index (χ1v) is 5.33. The first-order valence-electron chi connectivity index (χ1n) is 5.33. The van der Waals surface area contributed by atoms with Gasteiger partial charge in [0.15, 0.2) is 0 Å². The molecule has 0 aromatic heterocycles. The van der Waals surface area contributed by atoms with Gasteiger partial charge in [0.05, 0.1) is 6.54 Å².